The SMILES string of the molecule is CS(=O)(=O)NC(=O)[C@@H]1CNCCO[C@H]1c1ccc(Cl)c(Cl)c1. The third kappa shape index (κ3) is 4.57. The molecule has 1 saturated heterocycles. The van der Waals surface area contributed by atoms with Gasteiger partial charge in [0.25, 0.3) is 0 Å². The van der Waals surface area contributed by atoms with Crippen molar-refractivity contribution in [1.29, 1.82) is 0 Å². The number of halogens is 2. The zero-order valence-corrected chi connectivity index (χ0v) is 14.1. The number of ether oxygens (including phenoxy) is 1. The molecule has 1 heterocycles. The van der Waals surface area contributed by atoms with Gasteiger partial charge < -0.3 is 10.1 Å². The maximum atomic E-state index is 12.2. The second-order valence-corrected chi connectivity index (χ2v) is 7.58. The van der Waals surface area contributed by atoms with Gasteiger partial charge in [-0.15, -0.1) is 0 Å². The fraction of sp³-hybridized carbons (Fsp3) is 0.462. The Balaban J connectivity index is 2.31. The molecule has 1 aromatic carbocycles. The fourth-order valence-corrected chi connectivity index (χ4v) is 3.07. The predicted octanol–water partition coefficient (Wildman–Crippen LogP) is 1.35. The number of sulfonamides is 1. The van der Waals surface area contributed by atoms with Crippen LogP contribution in [0.3, 0.4) is 0 Å². The van der Waals surface area contributed by atoms with Crippen molar-refractivity contribution >= 4 is 39.1 Å². The van der Waals surface area contributed by atoms with E-state index in [0.29, 0.717) is 35.3 Å². The number of carbonyl (C=O) groups excluding carboxylic acids is 1. The number of rotatable bonds is 3. The third-order valence-corrected chi connectivity index (χ3v) is 4.51. The highest BCUT2D eigenvalue weighted by atomic mass is 35.5. The molecule has 0 bridgehead atoms. The molecule has 0 saturated carbocycles. The molecule has 2 atom stereocenters. The van der Waals surface area contributed by atoms with Gasteiger partial charge in [-0.3, -0.25) is 9.52 Å². The number of benzene rings is 1. The van der Waals surface area contributed by atoms with Gasteiger partial charge in [0.2, 0.25) is 15.9 Å². The van der Waals surface area contributed by atoms with E-state index in [-0.39, 0.29) is 0 Å². The molecule has 2 N–H and O–H groups in total. The molecule has 22 heavy (non-hydrogen) atoms. The average Bonchev–Trinajstić information content (AvgIpc) is 2.65. The first-order valence-corrected chi connectivity index (χ1v) is 9.21. The van der Waals surface area contributed by atoms with Crippen molar-refractivity contribution in [3.8, 4) is 0 Å². The number of amides is 1. The first kappa shape index (κ1) is 17.5. The molecule has 1 aliphatic heterocycles. The van der Waals surface area contributed by atoms with E-state index in [0.717, 1.165) is 6.26 Å². The van der Waals surface area contributed by atoms with Gasteiger partial charge in [0.05, 0.1) is 34.9 Å². The van der Waals surface area contributed by atoms with E-state index in [2.05, 4.69) is 5.32 Å². The van der Waals surface area contributed by atoms with Crippen LogP contribution in [0.15, 0.2) is 18.2 Å². The Morgan fingerprint density at radius 2 is 2.09 bits per heavy atom. The highest BCUT2D eigenvalue weighted by Crippen LogP contribution is 2.32. The Morgan fingerprint density at radius 3 is 2.73 bits per heavy atom. The Hall–Kier alpha value is -0.860. The van der Waals surface area contributed by atoms with Crippen LogP contribution < -0.4 is 10.0 Å². The predicted molar refractivity (Wildman–Crippen MR) is 84.5 cm³/mol. The van der Waals surface area contributed by atoms with Crippen LogP contribution in [-0.4, -0.2) is 40.3 Å². The normalized spacial score (nSPS) is 22.9. The lowest BCUT2D eigenvalue weighted by Gasteiger charge is -2.24. The summed E-state index contributed by atoms with van der Waals surface area (Å²) in [6, 6.07) is 4.96. The van der Waals surface area contributed by atoms with Gasteiger partial charge in [0.1, 0.15) is 0 Å². The summed E-state index contributed by atoms with van der Waals surface area (Å²) in [6.07, 6.45) is 0.329. The minimum atomic E-state index is -3.64. The Morgan fingerprint density at radius 1 is 1.36 bits per heavy atom. The van der Waals surface area contributed by atoms with E-state index in [4.69, 9.17) is 27.9 Å². The van der Waals surface area contributed by atoms with Gasteiger partial charge in [-0.1, -0.05) is 29.3 Å². The monoisotopic (exact) mass is 366 g/mol. The van der Waals surface area contributed by atoms with Crippen LogP contribution in [-0.2, 0) is 19.6 Å². The lowest BCUT2D eigenvalue weighted by atomic mass is 9.95. The Labute approximate surface area is 139 Å². The lowest BCUT2D eigenvalue weighted by molar-refractivity contribution is -0.127. The molecule has 0 aliphatic carbocycles. The van der Waals surface area contributed by atoms with E-state index in [1.54, 1.807) is 18.2 Å². The molecule has 0 radical (unpaired) electrons. The summed E-state index contributed by atoms with van der Waals surface area (Å²) in [5.41, 5.74) is 0.673. The van der Waals surface area contributed by atoms with Gasteiger partial charge in [-0.25, -0.2) is 8.42 Å². The summed E-state index contributed by atoms with van der Waals surface area (Å²) in [7, 11) is -3.64. The molecule has 0 unspecified atom stereocenters. The van der Waals surface area contributed by atoms with E-state index >= 15 is 0 Å². The molecule has 1 aromatic rings. The van der Waals surface area contributed by atoms with Crippen LogP contribution in [0, 0.1) is 5.92 Å². The van der Waals surface area contributed by atoms with Crippen molar-refractivity contribution in [2.24, 2.45) is 5.92 Å². The summed E-state index contributed by atoms with van der Waals surface area (Å²) >= 11 is 11.9. The van der Waals surface area contributed by atoms with E-state index in [9.17, 15) is 13.2 Å². The lowest BCUT2D eigenvalue weighted by Crippen LogP contribution is -2.41. The Bertz CT molecular complexity index is 666. The van der Waals surface area contributed by atoms with E-state index < -0.39 is 28.0 Å². The van der Waals surface area contributed by atoms with Crippen LogP contribution in [0.2, 0.25) is 10.0 Å². The number of nitrogens with one attached hydrogen (secondary N) is 2. The average molecular weight is 367 g/mol. The molecule has 1 aliphatic rings. The molecule has 2 rings (SSSR count). The summed E-state index contributed by atoms with van der Waals surface area (Å²) in [4.78, 5) is 12.2. The zero-order valence-electron chi connectivity index (χ0n) is 11.8. The maximum Gasteiger partial charge on any atom is 0.240 e. The van der Waals surface area contributed by atoms with Gasteiger partial charge in [0, 0.05) is 13.1 Å². The van der Waals surface area contributed by atoms with Crippen LogP contribution in [0.5, 0.6) is 0 Å². The topological polar surface area (TPSA) is 84.5 Å². The zero-order chi connectivity index (χ0) is 16.3. The van der Waals surface area contributed by atoms with Gasteiger partial charge in [0.15, 0.2) is 0 Å². The molecule has 1 amide bonds. The van der Waals surface area contributed by atoms with Crippen molar-refractivity contribution in [3.63, 3.8) is 0 Å². The largest absolute Gasteiger partial charge is 0.371 e. The second kappa shape index (κ2) is 7.14. The standard InChI is InChI=1S/C13H16Cl2N2O4S/c1-22(19,20)17-13(18)9-7-16-4-5-21-12(9)8-2-3-10(14)11(15)6-8/h2-3,6,9,12,16H,4-5,7H2,1H3,(H,17,18)/t9-,12+/m1/s1. The second-order valence-electron chi connectivity index (χ2n) is 5.01. The molecule has 0 spiro atoms. The highest BCUT2D eigenvalue weighted by Gasteiger charge is 2.33. The van der Waals surface area contributed by atoms with Crippen LogP contribution in [0.4, 0.5) is 0 Å². The summed E-state index contributed by atoms with van der Waals surface area (Å²) < 4.78 is 30.3. The molecule has 1 fully saturated rings. The first-order valence-electron chi connectivity index (χ1n) is 6.57. The third-order valence-electron chi connectivity index (χ3n) is 3.20. The van der Waals surface area contributed by atoms with Crippen molar-refractivity contribution in [2.75, 3.05) is 26.0 Å². The van der Waals surface area contributed by atoms with Gasteiger partial charge in [-0.05, 0) is 17.7 Å². The van der Waals surface area contributed by atoms with Gasteiger partial charge >= 0.3 is 0 Å². The molecular formula is C13H16Cl2N2O4S. The van der Waals surface area contributed by atoms with Crippen molar-refractivity contribution in [1.82, 2.24) is 10.0 Å². The quantitative estimate of drug-likeness (QED) is 0.843. The Kier molecular flexibility index (Phi) is 5.68. The first-order chi connectivity index (χ1) is 10.3. The highest BCUT2D eigenvalue weighted by molar-refractivity contribution is 7.89. The smallest absolute Gasteiger partial charge is 0.240 e. The number of hydrogen-bond acceptors (Lipinski definition) is 5. The van der Waals surface area contributed by atoms with E-state index in [1.165, 1.54) is 0 Å². The minimum Gasteiger partial charge on any atom is -0.371 e. The maximum absolute atomic E-state index is 12.2. The summed E-state index contributed by atoms with van der Waals surface area (Å²) in [6.45, 7) is 1.26. The molecule has 0 aromatic heterocycles. The van der Waals surface area contributed by atoms with Crippen molar-refractivity contribution in [2.45, 2.75) is 6.10 Å². The fourth-order valence-electron chi connectivity index (χ4n) is 2.25. The van der Waals surface area contributed by atoms with Crippen molar-refractivity contribution in [3.05, 3.63) is 33.8 Å². The molecule has 122 valence electrons. The molecule has 6 nitrogen and oxygen atoms in total. The summed E-state index contributed by atoms with van der Waals surface area (Å²) in [5, 5.41) is 3.80. The van der Waals surface area contributed by atoms with Crippen LogP contribution in [0.25, 0.3) is 0 Å². The minimum absolute atomic E-state index is 0.298. The molecular weight excluding hydrogens is 351 g/mol. The summed E-state index contributed by atoms with van der Waals surface area (Å²) in [5.74, 6) is -1.32. The number of hydrogen-bond donors (Lipinski definition) is 2. The molecule has 9 heteroatoms. The van der Waals surface area contributed by atoms with Crippen molar-refractivity contribution < 1.29 is 17.9 Å². The van der Waals surface area contributed by atoms with E-state index in [1.807, 2.05) is 4.72 Å². The number of carbonyl (C=O) groups is 1. The van der Waals surface area contributed by atoms with Crippen LogP contribution >= 0.6 is 23.2 Å². The van der Waals surface area contributed by atoms with Gasteiger partial charge in [-0.2, -0.15) is 0 Å². The van der Waals surface area contributed by atoms with Crippen LogP contribution in [0.1, 0.15) is 11.7 Å².